The van der Waals surface area contributed by atoms with Gasteiger partial charge in [-0.3, -0.25) is 9.36 Å². The molecule has 25 heavy (non-hydrogen) atoms. The molecule has 8 nitrogen and oxygen atoms in total. The number of hydrogen-bond acceptors (Lipinski definition) is 6. The number of aromatic nitrogens is 4. The second-order valence-corrected chi connectivity index (χ2v) is 5.81. The van der Waals surface area contributed by atoms with E-state index in [0.717, 1.165) is 12.8 Å². The number of H-pyrrole nitrogens is 1. The van der Waals surface area contributed by atoms with Crippen molar-refractivity contribution in [1.82, 2.24) is 19.5 Å². The van der Waals surface area contributed by atoms with Crippen molar-refractivity contribution in [2.45, 2.75) is 25.2 Å². The molecule has 2 aromatic heterocycles. The van der Waals surface area contributed by atoms with E-state index in [1.54, 1.807) is 35.2 Å². The van der Waals surface area contributed by atoms with Crippen LogP contribution in [0.25, 0.3) is 11.2 Å². The predicted octanol–water partition coefficient (Wildman–Crippen LogP) is 1.65. The van der Waals surface area contributed by atoms with Crippen LogP contribution in [0.15, 0.2) is 47.8 Å². The van der Waals surface area contributed by atoms with Gasteiger partial charge in [0.15, 0.2) is 11.2 Å². The summed E-state index contributed by atoms with van der Waals surface area (Å²) < 4.78 is 13.0. The average Bonchev–Trinajstić information content (AvgIpc) is 3.27. The molecular weight excluding hydrogens is 324 g/mol. The molecule has 2 unspecified atom stereocenters. The summed E-state index contributed by atoms with van der Waals surface area (Å²) in [6.45, 7) is 0.185. The van der Waals surface area contributed by atoms with E-state index in [2.05, 4.69) is 15.0 Å². The zero-order chi connectivity index (χ0) is 17.2. The molecule has 1 aliphatic rings. The van der Waals surface area contributed by atoms with Gasteiger partial charge in [-0.05, 0) is 25.0 Å². The molecule has 128 valence electrons. The van der Waals surface area contributed by atoms with Crippen molar-refractivity contribution in [3.8, 4) is 0 Å². The lowest BCUT2D eigenvalue weighted by atomic mass is 10.2. The maximum atomic E-state index is 12.0. The van der Waals surface area contributed by atoms with Gasteiger partial charge in [0, 0.05) is 0 Å². The van der Waals surface area contributed by atoms with Crippen LogP contribution in [0.2, 0.25) is 0 Å². The highest BCUT2D eigenvalue weighted by atomic mass is 16.6. The Morgan fingerprint density at radius 1 is 1.28 bits per heavy atom. The monoisotopic (exact) mass is 340 g/mol. The minimum Gasteiger partial charge on any atom is -0.459 e. The Morgan fingerprint density at radius 3 is 2.96 bits per heavy atom. The fourth-order valence-electron chi connectivity index (χ4n) is 2.91. The van der Waals surface area contributed by atoms with Crippen molar-refractivity contribution in [2.24, 2.45) is 0 Å². The van der Waals surface area contributed by atoms with Crippen LogP contribution in [0.1, 0.15) is 29.4 Å². The van der Waals surface area contributed by atoms with Gasteiger partial charge in [0.25, 0.3) is 5.56 Å². The molecule has 3 heterocycles. The van der Waals surface area contributed by atoms with Crippen molar-refractivity contribution in [2.75, 3.05) is 6.61 Å². The third kappa shape index (κ3) is 3.03. The van der Waals surface area contributed by atoms with Crippen molar-refractivity contribution in [3.05, 3.63) is 58.9 Å². The fourth-order valence-corrected chi connectivity index (χ4v) is 2.91. The van der Waals surface area contributed by atoms with Crippen molar-refractivity contribution in [3.63, 3.8) is 0 Å². The molecule has 0 amide bonds. The Hall–Kier alpha value is -3.00. The third-order valence-corrected chi connectivity index (χ3v) is 4.17. The number of benzene rings is 1. The van der Waals surface area contributed by atoms with Gasteiger partial charge in [0.05, 0.1) is 24.3 Å². The minimum atomic E-state index is -0.367. The van der Waals surface area contributed by atoms with Gasteiger partial charge in [-0.25, -0.2) is 14.8 Å². The molecular formula is C17H16N4O4. The first-order chi connectivity index (χ1) is 12.2. The molecule has 2 atom stereocenters. The van der Waals surface area contributed by atoms with Crippen LogP contribution in [0, 0.1) is 0 Å². The molecule has 1 aliphatic heterocycles. The lowest BCUT2D eigenvalue weighted by Gasteiger charge is -2.15. The predicted molar refractivity (Wildman–Crippen MR) is 88.0 cm³/mol. The Labute approximate surface area is 142 Å². The first-order valence-electron chi connectivity index (χ1n) is 8.00. The number of carbonyl (C=O) groups excluding carboxylic acids is 1. The number of esters is 1. The normalized spacial score (nSPS) is 20.0. The number of nitrogens with one attached hydrogen (secondary N) is 1. The highest BCUT2D eigenvalue weighted by Crippen LogP contribution is 2.30. The van der Waals surface area contributed by atoms with E-state index in [-0.39, 0.29) is 36.0 Å². The van der Waals surface area contributed by atoms with Crippen LogP contribution in [0.5, 0.6) is 0 Å². The average molecular weight is 340 g/mol. The van der Waals surface area contributed by atoms with E-state index in [4.69, 9.17) is 9.47 Å². The third-order valence-electron chi connectivity index (χ3n) is 4.17. The van der Waals surface area contributed by atoms with E-state index in [0.29, 0.717) is 11.2 Å². The standard InChI is InChI=1S/C17H16N4O4/c22-16-14-15(18-9-19-16)21(10-20-14)13-7-6-12(25-13)8-24-17(23)11-4-2-1-3-5-11/h1-5,9-10,12-13H,6-8H2,(H,18,19,22). The minimum absolute atomic E-state index is 0.185. The lowest BCUT2D eigenvalue weighted by Crippen LogP contribution is -2.19. The van der Waals surface area contributed by atoms with Gasteiger partial charge in [-0.2, -0.15) is 0 Å². The Bertz CT molecular complexity index is 950. The van der Waals surface area contributed by atoms with Crippen LogP contribution >= 0.6 is 0 Å². The van der Waals surface area contributed by atoms with E-state index >= 15 is 0 Å². The quantitative estimate of drug-likeness (QED) is 0.725. The molecule has 1 N–H and O–H groups in total. The summed E-state index contributed by atoms with van der Waals surface area (Å²) in [5.41, 5.74) is 0.997. The van der Waals surface area contributed by atoms with E-state index < -0.39 is 0 Å². The molecule has 8 heteroatoms. The van der Waals surface area contributed by atoms with Crippen molar-refractivity contribution < 1.29 is 14.3 Å². The summed E-state index contributed by atoms with van der Waals surface area (Å²) >= 11 is 0. The Morgan fingerprint density at radius 2 is 2.12 bits per heavy atom. The van der Waals surface area contributed by atoms with Crippen LogP contribution in [0.4, 0.5) is 0 Å². The largest absolute Gasteiger partial charge is 0.459 e. The number of rotatable bonds is 4. The van der Waals surface area contributed by atoms with Crippen LogP contribution < -0.4 is 5.56 Å². The summed E-state index contributed by atoms with van der Waals surface area (Å²) in [6, 6.07) is 8.84. The SMILES string of the molecule is O=C(OCC1CCC(n2cnc3c(=O)[nH]cnc32)O1)c1ccccc1. The number of ether oxygens (including phenoxy) is 2. The van der Waals surface area contributed by atoms with Gasteiger partial charge in [-0.1, -0.05) is 18.2 Å². The molecule has 0 saturated carbocycles. The number of imidazole rings is 1. The van der Waals surface area contributed by atoms with E-state index in [9.17, 15) is 9.59 Å². The van der Waals surface area contributed by atoms with Gasteiger partial charge in [0.1, 0.15) is 12.8 Å². The maximum Gasteiger partial charge on any atom is 0.338 e. The van der Waals surface area contributed by atoms with Gasteiger partial charge in [-0.15, -0.1) is 0 Å². The van der Waals surface area contributed by atoms with Crippen LogP contribution in [-0.4, -0.2) is 38.2 Å². The fraction of sp³-hybridized carbons (Fsp3) is 0.294. The number of aromatic amines is 1. The first-order valence-corrected chi connectivity index (χ1v) is 8.00. The molecule has 0 bridgehead atoms. The molecule has 0 aliphatic carbocycles. The summed E-state index contributed by atoms with van der Waals surface area (Å²) in [6.07, 6.45) is 3.90. The van der Waals surface area contributed by atoms with Gasteiger partial charge in [0.2, 0.25) is 0 Å². The second kappa shape index (κ2) is 6.48. The van der Waals surface area contributed by atoms with E-state index in [1.807, 2.05) is 6.07 Å². The second-order valence-electron chi connectivity index (χ2n) is 5.81. The zero-order valence-electron chi connectivity index (χ0n) is 13.3. The molecule has 1 fully saturated rings. The molecule has 4 rings (SSSR count). The van der Waals surface area contributed by atoms with Gasteiger partial charge < -0.3 is 14.5 Å². The maximum absolute atomic E-state index is 12.0. The summed E-state index contributed by atoms with van der Waals surface area (Å²) in [5.74, 6) is -0.367. The molecule has 3 aromatic rings. The van der Waals surface area contributed by atoms with Crippen LogP contribution in [-0.2, 0) is 9.47 Å². The number of carbonyl (C=O) groups is 1. The Kier molecular flexibility index (Phi) is 4.02. The zero-order valence-corrected chi connectivity index (χ0v) is 13.3. The van der Waals surface area contributed by atoms with Gasteiger partial charge >= 0.3 is 5.97 Å². The number of hydrogen-bond donors (Lipinski definition) is 1. The van der Waals surface area contributed by atoms with Crippen molar-refractivity contribution in [1.29, 1.82) is 0 Å². The topological polar surface area (TPSA) is 99.1 Å². The molecule has 1 aromatic carbocycles. The first kappa shape index (κ1) is 15.5. The highest BCUT2D eigenvalue weighted by Gasteiger charge is 2.29. The van der Waals surface area contributed by atoms with Crippen molar-refractivity contribution >= 4 is 17.1 Å². The summed E-state index contributed by atoms with van der Waals surface area (Å²) in [5, 5.41) is 0. The number of fused-ring (bicyclic) bond motifs is 1. The highest BCUT2D eigenvalue weighted by molar-refractivity contribution is 5.89. The Balaban J connectivity index is 1.40. The lowest BCUT2D eigenvalue weighted by molar-refractivity contribution is -0.0309. The summed E-state index contributed by atoms with van der Waals surface area (Å²) in [4.78, 5) is 34.4. The summed E-state index contributed by atoms with van der Waals surface area (Å²) in [7, 11) is 0. The van der Waals surface area contributed by atoms with E-state index in [1.165, 1.54) is 6.33 Å². The number of nitrogens with zero attached hydrogens (tertiary/aromatic N) is 3. The molecule has 1 saturated heterocycles. The molecule has 0 radical (unpaired) electrons. The molecule has 0 spiro atoms. The smallest absolute Gasteiger partial charge is 0.338 e. The van der Waals surface area contributed by atoms with Crippen LogP contribution in [0.3, 0.4) is 0 Å².